The summed E-state index contributed by atoms with van der Waals surface area (Å²) in [6.07, 6.45) is 2.78. The van der Waals surface area contributed by atoms with Crippen molar-refractivity contribution in [3.05, 3.63) is 54.9 Å². The van der Waals surface area contributed by atoms with Gasteiger partial charge in [0.05, 0.1) is 4.53 Å². The molecule has 26 heavy (non-hydrogen) atoms. The van der Waals surface area contributed by atoms with Gasteiger partial charge >= 0.3 is 0 Å². The van der Waals surface area contributed by atoms with E-state index in [1.54, 1.807) is 20.8 Å². The Bertz CT molecular complexity index is 1030. The lowest BCUT2D eigenvalue weighted by atomic mass is 9.87. The van der Waals surface area contributed by atoms with Crippen LogP contribution >= 0.6 is 11.3 Å². The highest BCUT2D eigenvalue weighted by Crippen LogP contribution is 2.19. The molecule has 0 saturated heterocycles. The van der Waals surface area contributed by atoms with E-state index in [-0.39, 0.29) is 16.9 Å². The number of carbonyl (C=O) groups excluding carboxylic acids is 1. The predicted octanol–water partition coefficient (Wildman–Crippen LogP) is 2.61. The Hall–Kier alpha value is -2.45. The van der Waals surface area contributed by atoms with E-state index in [2.05, 4.69) is 6.92 Å². The number of nitrogens with zero attached hydrogens (tertiary/aromatic N) is 2. The van der Waals surface area contributed by atoms with E-state index in [4.69, 9.17) is 0 Å². The number of rotatable bonds is 4. The molecule has 0 aliphatic rings. The molecule has 0 unspecified atom stereocenters. The summed E-state index contributed by atoms with van der Waals surface area (Å²) >= 11 is 1.21. The molecule has 0 fully saturated rings. The second-order valence-corrected chi connectivity index (χ2v) is 8.16. The quantitative estimate of drug-likeness (QED) is 0.833. The van der Waals surface area contributed by atoms with Gasteiger partial charge in [-0.15, -0.1) is 11.3 Å². The Morgan fingerprint density at radius 1 is 1.23 bits per heavy atom. The summed E-state index contributed by atoms with van der Waals surface area (Å²) in [4.78, 5) is 25.4. The van der Waals surface area contributed by atoms with Gasteiger partial charge in [0.15, 0.2) is 5.78 Å². The van der Waals surface area contributed by atoms with Crippen LogP contribution in [0.5, 0.6) is 0 Å². The average molecular weight is 369 g/mol. The van der Waals surface area contributed by atoms with Crippen LogP contribution in [0.15, 0.2) is 29.1 Å². The number of Topliss-reactive ketones (excluding diaryl/α,β-unsaturated/α-hetero) is 1. The molecule has 0 atom stereocenters. The number of thiazole rings is 1. The van der Waals surface area contributed by atoms with E-state index < -0.39 is 5.41 Å². The van der Waals surface area contributed by atoms with Crippen LogP contribution in [0.3, 0.4) is 0 Å². The number of hydrogen-bond acceptors (Lipinski definition) is 4. The molecule has 0 radical (unpaired) electrons. The van der Waals surface area contributed by atoms with Crippen LogP contribution in [0.1, 0.15) is 45.7 Å². The number of carbonyl (C=O) groups is 1. The van der Waals surface area contributed by atoms with Crippen molar-refractivity contribution in [3.63, 3.8) is 0 Å². The van der Waals surface area contributed by atoms with Crippen molar-refractivity contribution < 1.29 is 4.79 Å². The van der Waals surface area contributed by atoms with Gasteiger partial charge in [0.2, 0.25) is 0 Å². The fourth-order valence-electron chi connectivity index (χ4n) is 2.56. The highest BCUT2D eigenvalue weighted by molar-refractivity contribution is 7.07. The van der Waals surface area contributed by atoms with E-state index in [0.29, 0.717) is 15.7 Å². The molecule has 5 heteroatoms. The smallest absolute Gasteiger partial charge is 0.269 e. The van der Waals surface area contributed by atoms with Crippen LogP contribution in [-0.4, -0.2) is 10.4 Å². The minimum atomic E-state index is -0.677. The zero-order chi connectivity index (χ0) is 19.5. The standard InChI is InChI=1S/C21H24N2O2S/c1-6-14-8-10-15(11-9-14)12-17-19(25)23(7-2)20(26-17)16(13-22)18(24)21(3,4)5/h8-12H,6-7H2,1-5H3/b17-12-,20-16-. The summed E-state index contributed by atoms with van der Waals surface area (Å²) in [5.74, 6) is -0.248. The first-order valence-electron chi connectivity index (χ1n) is 8.72. The summed E-state index contributed by atoms with van der Waals surface area (Å²) in [6.45, 7) is 9.67. The minimum absolute atomic E-state index is 0.0578. The van der Waals surface area contributed by atoms with Crippen molar-refractivity contribution >= 4 is 28.8 Å². The number of benzene rings is 1. The Kier molecular flexibility index (Phi) is 5.99. The lowest BCUT2D eigenvalue weighted by Crippen LogP contribution is -2.33. The predicted molar refractivity (Wildman–Crippen MR) is 106 cm³/mol. The van der Waals surface area contributed by atoms with E-state index in [0.717, 1.165) is 12.0 Å². The van der Waals surface area contributed by atoms with Gasteiger partial charge in [-0.1, -0.05) is 52.0 Å². The second kappa shape index (κ2) is 7.84. The number of aromatic nitrogens is 1. The molecule has 1 aromatic heterocycles. The molecule has 1 heterocycles. The van der Waals surface area contributed by atoms with Crippen molar-refractivity contribution in [1.29, 1.82) is 5.26 Å². The Morgan fingerprint density at radius 2 is 1.85 bits per heavy atom. The second-order valence-electron chi connectivity index (χ2n) is 7.13. The molecule has 0 amide bonds. The van der Waals surface area contributed by atoms with Gasteiger partial charge in [-0.05, 0) is 30.5 Å². The zero-order valence-corrected chi connectivity index (χ0v) is 16.7. The Morgan fingerprint density at radius 3 is 2.31 bits per heavy atom. The van der Waals surface area contributed by atoms with Crippen molar-refractivity contribution in [3.8, 4) is 6.07 Å². The van der Waals surface area contributed by atoms with E-state index in [1.165, 1.54) is 21.5 Å². The van der Waals surface area contributed by atoms with Crippen LogP contribution in [0.4, 0.5) is 0 Å². The Labute approximate surface area is 157 Å². The number of aryl methyl sites for hydroxylation is 1. The van der Waals surface area contributed by atoms with E-state index in [1.807, 2.05) is 43.3 Å². The van der Waals surface area contributed by atoms with Gasteiger partial charge in [0, 0.05) is 12.0 Å². The van der Waals surface area contributed by atoms with Gasteiger partial charge in [-0.3, -0.25) is 14.2 Å². The minimum Gasteiger partial charge on any atom is -0.298 e. The number of hydrogen-bond donors (Lipinski definition) is 0. The average Bonchev–Trinajstić information content (AvgIpc) is 2.91. The molecule has 1 aromatic carbocycles. The largest absolute Gasteiger partial charge is 0.298 e. The summed E-state index contributed by atoms with van der Waals surface area (Å²) in [6, 6.07) is 10.0. The lowest BCUT2D eigenvalue weighted by Gasteiger charge is -2.15. The van der Waals surface area contributed by atoms with Crippen LogP contribution in [-0.2, 0) is 17.8 Å². The maximum Gasteiger partial charge on any atom is 0.269 e. The molecule has 0 bridgehead atoms. The number of nitriles is 1. The molecule has 4 nitrogen and oxygen atoms in total. The molecule has 2 aromatic rings. The van der Waals surface area contributed by atoms with Crippen molar-refractivity contribution in [1.82, 2.24) is 4.57 Å². The van der Waals surface area contributed by atoms with Crippen LogP contribution in [0, 0.1) is 16.7 Å². The van der Waals surface area contributed by atoms with Crippen molar-refractivity contribution in [2.75, 3.05) is 0 Å². The third-order valence-electron chi connectivity index (χ3n) is 4.14. The molecular weight excluding hydrogens is 344 g/mol. The molecule has 2 rings (SSSR count). The molecule has 0 saturated carbocycles. The van der Waals surface area contributed by atoms with Gasteiger partial charge < -0.3 is 0 Å². The van der Waals surface area contributed by atoms with Crippen LogP contribution < -0.4 is 14.8 Å². The third kappa shape index (κ3) is 4.03. The highest BCUT2D eigenvalue weighted by Gasteiger charge is 2.27. The first-order chi connectivity index (χ1) is 12.2. The SMILES string of the molecule is CCc1ccc(/C=c2\s/c(=C(/C#N)C(=O)C(C)(C)C)n(CC)c2=O)cc1. The molecule has 0 aliphatic carbocycles. The number of ketones is 1. The van der Waals surface area contributed by atoms with E-state index in [9.17, 15) is 14.9 Å². The Balaban J connectivity index is 2.75. The molecular formula is C21H24N2O2S. The van der Waals surface area contributed by atoms with E-state index >= 15 is 0 Å². The molecule has 0 aliphatic heterocycles. The maximum absolute atomic E-state index is 12.7. The monoisotopic (exact) mass is 368 g/mol. The van der Waals surface area contributed by atoms with Gasteiger partial charge in [-0.2, -0.15) is 5.26 Å². The highest BCUT2D eigenvalue weighted by atomic mass is 32.1. The van der Waals surface area contributed by atoms with Gasteiger partial charge in [0.1, 0.15) is 16.3 Å². The summed E-state index contributed by atoms with van der Waals surface area (Å²) in [5, 5.41) is 9.55. The molecule has 0 N–H and O–H groups in total. The third-order valence-corrected chi connectivity index (χ3v) is 5.27. The van der Waals surface area contributed by atoms with Crippen molar-refractivity contribution in [2.24, 2.45) is 5.41 Å². The normalized spacial score (nSPS) is 13.5. The molecule has 136 valence electrons. The maximum atomic E-state index is 12.7. The lowest BCUT2D eigenvalue weighted by molar-refractivity contribution is -0.120. The summed E-state index contributed by atoms with van der Waals surface area (Å²) in [7, 11) is 0. The summed E-state index contributed by atoms with van der Waals surface area (Å²) < 4.78 is 2.48. The van der Waals surface area contributed by atoms with Gasteiger partial charge in [-0.25, -0.2) is 0 Å². The fraction of sp³-hybridized carbons (Fsp3) is 0.381. The molecule has 0 spiro atoms. The fourth-order valence-corrected chi connectivity index (χ4v) is 3.73. The van der Waals surface area contributed by atoms with Crippen LogP contribution in [0.2, 0.25) is 0 Å². The van der Waals surface area contributed by atoms with Crippen LogP contribution in [0.25, 0.3) is 11.6 Å². The van der Waals surface area contributed by atoms with Gasteiger partial charge in [0.25, 0.3) is 5.56 Å². The van der Waals surface area contributed by atoms with Crippen molar-refractivity contribution in [2.45, 2.75) is 47.6 Å². The topological polar surface area (TPSA) is 62.9 Å². The zero-order valence-electron chi connectivity index (χ0n) is 15.9. The first-order valence-corrected chi connectivity index (χ1v) is 9.54. The summed E-state index contributed by atoms with van der Waals surface area (Å²) in [5.41, 5.74) is 1.37. The first kappa shape index (κ1) is 19.9.